The smallest absolute Gasteiger partial charge is 0.329 e. The Morgan fingerprint density at radius 1 is 1.27 bits per heavy atom. The SMILES string of the molecule is COC(=O)CN1C(=O)N/C(=C/c2ccc(Sc3ccc(Cl)cc3)s2)C1=O. The minimum atomic E-state index is -0.660. The van der Waals surface area contributed by atoms with Crippen molar-refractivity contribution >= 4 is 58.7 Å². The third-order valence-electron chi connectivity index (χ3n) is 3.40. The summed E-state index contributed by atoms with van der Waals surface area (Å²) in [6.07, 6.45) is 1.59. The Bertz CT molecular complexity index is 892. The predicted molar refractivity (Wildman–Crippen MR) is 100 cm³/mol. The van der Waals surface area contributed by atoms with Crippen LogP contribution in [0.4, 0.5) is 4.79 Å². The quantitative estimate of drug-likeness (QED) is 0.464. The monoisotopic (exact) mass is 408 g/mol. The molecule has 1 aromatic carbocycles. The van der Waals surface area contributed by atoms with E-state index in [4.69, 9.17) is 11.6 Å². The Hall–Kier alpha value is -2.29. The molecule has 1 aliphatic heterocycles. The topological polar surface area (TPSA) is 75.7 Å². The summed E-state index contributed by atoms with van der Waals surface area (Å²) in [5.41, 5.74) is 0.129. The van der Waals surface area contributed by atoms with E-state index in [1.54, 1.807) is 17.8 Å². The summed E-state index contributed by atoms with van der Waals surface area (Å²) in [5.74, 6) is -1.21. The molecule has 0 spiro atoms. The highest BCUT2D eigenvalue weighted by atomic mass is 35.5. The van der Waals surface area contributed by atoms with E-state index in [0.29, 0.717) is 5.02 Å². The number of nitrogens with zero attached hydrogens (tertiary/aromatic N) is 1. The Morgan fingerprint density at radius 2 is 2.00 bits per heavy atom. The molecule has 9 heteroatoms. The first-order valence-electron chi connectivity index (χ1n) is 7.41. The van der Waals surface area contributed by atoms with E-state index in [-0.39, 0.29) is 5.70 Å². The van der Waals surface area contributed by atoms with Gasteiger partial charge in [0.15, 0.2) is 0 Å². The van der Waals surface area contributed by atoms with Gasteiger partial charge in [0, 0.05) is 14.8 Å². The Balaban J connectivity index is 1.71. The fourth-order valence-corrected chi connectivity index (χ4v) is 4.33. The van der Waals surface area contributed by atoms with Crippen LogP contribution in [-0.4, -0.2) is 36.5 Å². The number of halogens is 1. The van der Waals surface area contributed by atoms with E-state index in [1.165, 1.54) is 18.4 Å². The molecule has 1 aliphatic rings. The number of urea groups is 1. The summed E-state index contributed by atoms with van der Waals surface area (Å²) < 4.78 is 5.52. The van der Waals surface area contributed by atoms with Crippen molar-refractivity contribution in [3.63, 3.8) is 0 Å². The maximum absolute atomic E-state index is 12.3. The van der Waals surface area contributed by atoms with Gasteiger partial charge >= 0.3 is 12.0 Å². The number of thiophene rings is 1. The lowest BCUT2D eigenvalue weighted by molar-refractivity contribution is -0.143. The first kappa shape index (κ1) is 18.5. The van der Waals surface area contributed by atoms with Crippen LogP contribution in [0.2, 0.25) is 5.02 Å². The van der Waals surface area contributed by atoms with Gasteiger partial charge in [0.25, 0.3) is 5.91 Å². The molecule has 3 rings (SSSR count). The fraction of sp³-hybridized carbons (Fsp3) is 0.118. The number of nitrogens with one attached hydrogen (secondary N) is 1. The zero-order valence-electron chi connectivity index (χ0n) is 13.5. The van der Waals surface area contributed by atoms with Crippen LogP contribution in [0.3, 0.4) is 0 Å². The molecule has 0 atom stereocenters. The zero-order valence-corrected chi connectivity index (χ0v) is 15.9. The summed E-state index contributed by atoms with van der Waals surface area (Å²) in [5, 5.41) is 3.15. The van der Waals surface area contributed by atoms with Crippen molar-refractivity contribution in [3.8, 4) is 0 Å². The lowest BCUT2D eigenvalue weighted by Crippen LogP contribution is -2.36. The number of carbonyl (C=O) groups excluding carboxylic acids is 3. The summed E-state index contributed by atoms with van der Waals surface area (Å²) >= 11 is 8.93. The molecule has 0 bridgehead atoms. The van der Waals surface area contributed by atoms with Crippen molar-refractivity contribution in [1.29, 1.82) is 0 Å². The molecule has 2 aromatic rings. The van der Waals surface area contributed by atoms with Crippen molar-refractivity contribution in [1.82, 2.24) is 10.2 Å². The standard InChI is InChI=1S/C17H13ClN2O4S2/c1-24-14(21)9-20-16(22)13(19-17(20)23)8-12-6-7-15(26-12)25-11-4-2-10(18)3-5-11/h2-8H,9H2,1H3,(H,19,23)/b13-8+. The van der Waals surface area contributed by atoms with Crippen molar-refractivity contribution < 1.29 is 19.1 Å². The van der Waals surface area contributed by atoms with Crippen molar-refractivity contribution in [3.05, 3.63) is 52.0 Å². The van der Waals surface area contributed by atoms with Crippen LogP contribution in [0.1, 0.15) is 4.88 Å². The van der Waals surface area contributed by atoms with E-state index in [9.17, 15) is 14.4 Å². The van der Waals surface area contributed by atoms with Crippen LogP contribution in [0.25, 0.3) is 6.08 Å². The van der Waals surface area contributed by atoms with Gasteiger partial charge in [0.2, 0.25) is 0 Å². The Labute approximate surface area is 162 Å². The average Bonchev–Trinajstić information content (AvgIpc) is 3.16. The van der Waals surface area contributed by atoms with Crippen LogP contribution in [0, 0.1) is 0 Å². The van der Waals surface area contributed by atoms with Gasteiger partial charge in [-0.3, -0.25) is 9.59 Å². The number of esters is 1. The van der Waals surface area contributed by atoms with Gasteiger partial charge in [-0.15, -0.1) is 11.3 Å². The van der Waals surface area contributed by atoms with Crippen LogP contribution < -0.4 is 5.32 Å². The van der Waals surface area contributed by atoms with Crippen LogP contribution in [0.5, 0.6) is 0 Å². The third kappa shape index (κ3) is 4.27. The molecule has 1 N–H and O–H groups in total. The van der Waals surface area contributed by atoms with E-state index >= 15 is 0 Å². The number of hydrogen-bond donors (Lipinski definition) is 1. The van der Waals surface area contributed by atoms with Gasteiger partial charge in [-0.05, 0) is 42.5 Å². The lowest BCUT2D eigenvalue weighted by atomic mass is 10.3. The highest BCUT2D eigenvalue weighted by Crippen LogP contribution is 2.34. The number of benzene rings is 1. The van der Waals surface area contributed by atoms with Gasteiger partial charge < -0.3 is 10.1 Å². The molecule has 1 fully saturated rings. The number of imide groups is 1. The van der Waals surface area contributed by atoms with Gasteiger partial charge in [-0.2, -0.15) is 0 Å². The molecule has 1 aromatic heterocycles. The molecule has 0 radical (unpaired) electrons. The Kier molecular flexibility index (Phi) is 5.65. The van der Waals surface area contributed by atoms with E-state index in [1.807, 2.05) is 36.4 Å². The van der Waals surface area contributed by atoms with Gasteiger partial charge in [-0.1, -0.05) is 23.4 Å². The minimum Gasteiger partial charge on any atom is -0.468 e. The average molecular weight is 409 g/mol. The first-order valence-corrected chi connectivity index (χ1v) is 9.42. The molecule has 0 aliphatic carbocycles. The van der Waals surface area contributed by atoms with Crippen LogP contribution in [-0.2, 0) is 14.3 Å². The fourth-order valence-electron chi connectivity index (χ4n) is 2.14. The molecular formula is C17H13ClN2O4S2. The maximum Gasteiger partial charge on any atom is 0.329 e. The highest BCUT2D eigenvalue weighted by Gasteiger charge is 2.35. The molecule has 3 amide bonds. The second kappa shape index (κ2) is 7.94. The molecule has 26 heavy (non-hydrogen) atoms. The van der Waals surface area contributed by atoms with Gasteiger partial charge in [-0.25, -0.2) is 9.69 Å². The van der Waals surface area contributed by atoms with Crippen molar-refractivity contribution in [2.45, 2.75) is 9.10 Å². The molecule has 6 nitrogen and oxygen atoms in total. The second-order valence-corrected chi connectivity index (χ2v) is 8.09. The Morgan fingerprint density at radius 3 is 2.69 bits per heavy atom. The molecule has 134 valence electrons. The zero-order chi connectivity index (χ0) is 18.7. The lowest BCUT2D eigenvalue weighted by Gasteiger charge is -2.08. The normalized spacial score (nSPS) is 15.5. The summed E-state index contributed by atoms with van der Waals surface area (Å²) in [6.45, 7) is -0.416. The van der Waals surface area contributed by atoms with E-state index in [2.05, 4.69) is 10.1 Å². The number of methoxy groups -OCH3 is 1. The number of carbonyl (C=O) groups is 3. The number of amides is 3. The second-order valence-electron chi connectivity index (χ2n) is 5.17. The minimum absolute atomic E-state index is 0.129. The largest absolute Gasteiger partial charge is 0.468 e. The molecular weight excluding hydrogens is 396 g/mol. The number of hydrogen-bond acceptors (Lipinski definition) is 6. The molecule has 2 heterocycles. The van der Waals surface area contributed by atoms with Crippen LogP contribution >= 0.6 is 34.7 Å². The van der Waals surface area contributed by atoms with Crippen molar-refractivity contribution in [2.24, 2.45) is 0 Å². The molecule has 1 saturated heterocycles. The number of ether oxygens (including phenoxy) is 1. The van der Waals surface area contributed by atoms with Crippen molar-refractivity contribution in [2.75, 3.05) is 13.7 Å². The maximum atomic E-state index is 12.3. The highest BCUT2D eigenvalue weighted by molar-refractivity contribution is 8.01. The van der Waals surface area contributed by atoms with Crippen LogP contribution in [0.15, 0.2) is 51.2 Å². The first-order chi connectivity index (χ1) is 12.5. The van der Waals surface area contributed by atoms with E-state index in [0.717, 1.165) is 18.9 Å². The summed E-state index contributed by atoms with van der Waals surface area (Å²) in [4.78, 5) is 38.1. The molecule has 0 saturated carbocycles. The summed E-state index contributed by atoms with van der Waals surface area (Å²) in [7, 11) is 1.20. The number of rotatable bonds is 5. The summed E-state index contributed by atoms with van der Waals surface area (Å²) in [6, 6.07) is 10.7. The predicted octanol–water partition coefficient (Wildman–Crippen LogP) is 3.62. The van der Waals surface area contributed by atoms with Gasteiger partial charge in [0.05, 0.1) is 11.3 Å². The molecule has 0 unspecified atom stereocenters. The third-order valence-corrected chi connectivity index (χ3v) is 5.82. The van der Waals surface area contributed by atoms with Gasteiger partial charge in [0.1, 0.15) is 12.2 Å². The van der Waals surface area contributed by atoms with E-state index < -0.39 is 24.5 Å².